The molecule has 3 nitrogen and oxygen atoms in total. The first-order valence-corrected chi connectivity index (χ1v) is 8.32. The summed E-state index contributed by atoms with van der Waals surface area (Å²) >= 11 is 0. The number of aliphatic hydroxyl groups is 3. The molecular formula is C14H29F2O3SiZr-. The van der Waals surface area contributed by atoms with Crippen molar-refractivity contribution in [3.63, 3.8) is 0 Å². The monoisotopic (exact) mass is 401 g/mol. The van der Waals surface area contributed by atoms with E-state index in [9.17, 15) is 8.22 Å². The Morgan fingerprint density at radius 3 is 1.14 bits per heavy atom. The molecule has 0 saturated heterocycles. The van der Waals surface area contributed by atoms with Crippen LogP contribution in [0.15, 0.2) is 24.3 Å². The quantitative estimate of drug-likeness (QED) is 0.410. The molecule has 0 aliphatic rings. The van der Waals surface area contributed by atoms with Crippen LogP contribution in [0.1, 0.15) is 40.0 Å². The maximum atomic E-state index is 11.7. The summed E-state index contributed by atoms with van der Waals surface area (Å²) in [5.74, 6) is 0. The van der Waals surface area contributed by atoms with Crippen LogP contribution in [0.2, 0.25) is 0 Å². The minimum atomic E-state index is -3.48. The molecule has 0 radical (unpaired) electrons. The van der Waals surface area contributed by atoms with Crippen molar-refractivity contribution in [1.29, 1.82) is 0 Å². The van der Waals surface area contributed by atoms with Crippen LogP contribution in [-0.2, 0) is 26.2 Å². The minimum absolute atomic E-state index is 0. The molecule has 0 fully saturated rings. The maximum absolute atomic E-state index is 11.7. The van der Waals surface area contributed by atoms with Crippen LogP contribution in [0.25, 0.3) is 0 Å². The van der Waals surface area contributed by atoms with E-state index in [1.807, 2.05) is 20.8 Å². The Hall–Kier alpha value is 0.190. The molecule has 0 amide bonds. The SMILES string of the molecule is CCCO.CCCO.CCCO.F[SiH](F)[c-]1cccc1.[Zr]. The summed E-state index contributed by atoms with van der Waals surface area (Å²) in [7, 11) is -3.48. The van der Waals surface area contributed by atoms with Gasteiger partial charge in [0.25, 0.3) is 0 Å². The van der Waals surface area contributed by atoms with E-state index in [0.29, 0.717) is 19.8 Å². The second kappa shape index (κ2) is 28.4. The summed E-state index contributed by atoms with van der Waals surface area (Å²) in [5.41, 5.74) is 0. The molecule has 1 aromatic rings. The van der Waals surface area contributed by atoms with Crippen molar-refractivity contribution in [3.8, 4) is 0 Å². The average molecular weight is 403 g/mol. The molecule has 0 aliphatic heterocycles. The summed E-state index contributed by atoms with van der Waals surface area (Å²) in [6.45, 7) is 6.75. The molecule has 0 heterocycles. The van der Waals surface area contributed by atoms with Crippen LogP contribution in [-0.4, -0.2) is 44.6 Å². The van der Waals surface area contributed by atoms with Crippen LogP contribution in [0, 0.1) is 0 Å². The molecule has 0 unspecified atom stereocenters. The van der Waals surface area contributed by atoms with Crippen LogP contribution in [0.5, 0.6) is 0 Å². The summed E-state index contributed by atoms with van der Waals surface area (Å²) in [6, 6.07) is 6.21. The molecule has 126 valence electrons. The molecule has 0 spiro atoms. The van der Waals surface area contributed by atoms with Crippen molar-refractivity contribution in [1.82, 2.24) is 0 Å². The summed E-state index contributed by atoms with van der Waals surface area (Å²) < 4.78 is 23.5. The van der Waals surface area contributed by atoms with Gasteiger partial charge in [-0.15, -0.1) is 5.19 Å². The third-order valence-electron chi connectivity index (χ3n) is 1.61. The van der Waals surface area contributed by atoms with Gasteiger partial charge in [0.1, 0.15) is 0 Å². The Kier molecular flexibility index (Phi) is 39.5. The zero-order valence-corrected chi connectivity index (χ0v) is 16.8. The zero-order valence-electron chi connectivity index (χ0n) is 13.2. The first-order chi connectivity index (χ1) is 9.55. The Morgan fingerprint density at radius 1 is 0.810 bits per heavy atom. The van der Waals surface area contributed by atoms with Crippen LogP contribution in [0.4, 0.5) is 8.22 Å². The van der Waals surface area contributed by atoms with E-state index in [2.05, 4.69) is 0 Å². The van der Waals surface area contributed by atoms with Gasteiger partial charge in [0.2, 0.25) is 0 Å². The van der Waals surface area contributed by atoms with Crippen LogP contribution in [0.3, 0.4) is 0 Å². The standard InChI is InChI=1S/C5H5F2Si.3C3H8O.Zr/c6-8(7)5-3-1-2-4-5;3*1-2-3-4;/h1-4,8H;3*4H,2-3H2,1H3;/q-1;;;;. The molecule has 0 saturated carbocycles. The summed E-state index contributed by atoms with van der Waals surface area (Å²) in [5, 5.41) is 23.9. The fourth-order valence-corrected chi connectivity index (χ4v) is 1.05. The third kappa shape index (κ3) is 33.2. The van der Waals surface area contributed by atoms with Crippen molar-refractivity contribution >= 4 is 14.7 Å². The van der Waals surface area contributed by atoms with Gasteiger partial charge in [-0.3, -0.25) is 8.22 Å². The Balaban J connectivity index is -0.0000000973. The molecule has 1 aromatic carbocycles. The largest absolute Gasteiger partial charge is 0.396 e. The van der Waals surface area contributed by atoms with Crippen LogP contribution < -0.4 is 5.19 Å². The normalized spacial score (nSPS) is 8.24. The van der Waals surface area contributed by atoms with Gasteiger partial charge in [-0.1, -0.05) is 20.8 Å². The fourth-order valence-electron chi connectivity index (χ4n) is 0.534. The fraction of sp³-hybridized carbons (Fsp3) is 0.643. The average Bonchev–Trinajstić information content (AvgIpc) is 3.02. The molecule has 0 bridgehead atoms. The van der Waals surface area contributed by atoms with E-state index in [0.717, 1.165) is 19.3 Å². The van der Waals surface area contributed by atoms with E-state index in [1.165, 1.54) is 12.1 Å². The van der Waals surface area contributed by atoms with Crippen molar-refractivity contribution < 1.29 is 49.7 Å². The molecular weight excluding hydrogens is 373 g/mol. The van der Waals surface area contributed by atoms with E-state index in [1.54, 1.807) is 12.1 Å². The zero-order chi connectivity index (χ0) is 16.2. The van der Waals surface area contributed by atoms with Gasteiger partial charge in [-0.05, 0) is 19.3 Å². The van der Waals surface area contributed by atoms with Gasteiger partial charge in [-0.25, -0.2) is 12.1 Å². The first kappa shape index (κ1) is 29.2. The molecule has 7 heteroatoms. The molecule has 0 atom stereocenters. The van der Waals surface area contributed by atoms with Gasteiger partial charge in [0.15, 0.2) is 0 Å². The van der Waals surface area contributed by atoms with E-state index in [-0.39, 0.29) is 31.4 Å². The Bertz CT molecular complexity index is 223. The van der Waals surface area contributed by atoms with Crippen molar-refractivity contribution in [3.05, 3.63) is 24.3 Å². The number of halogens is 2. The summed E-state index contributed by atoms with van der Waals surface area (Å²) in [6.07, 6.45) is 2.62. The van der Waals surface area contributed by atoms with E-state index >= 15 is 0 Å². The second-order valence-electron chi connectivity index (χ2n) is 3.69. The van der Waals surface area contributed by atoms with Crippen molar-refractivity contribution in [2.45, 2.75) is 40.0 Å². The van der Waals surface area contributed by atoms with Crippen molar-refractivity contribution in [2.24, 2.45) is 0 Å². The summed E-state index contributed by atoms with van der Waals surface area (Å²) in [4.78, 5) is 0. The predicted octanol–water partition coefficient (Wildman–Crippen LogP) is 1.94. The smallest absolute Gasteiger partial charge is 0.387 e. The van der Waals surface area contributed by atoms with Gasteiger partial charge < -0.3 is 15.3 Å². The predicted molar refractivity (Wildman–Crippen MR) is 83.2 cm³/mol. The Labute approximate surface area is 148 Å². The minimum Gasteiger partial charge on any atom is -0.396 e. The molecule has 3 N–H and O–H groups in total. The second-order valence-corrected chi connectivity index (χ2v) is 4.96. The van der Waals surface area contributed by atoms with Crippen LogP contribution >= 0.6 is 0 Å². The number of aliphatic hydroxyl groups excluding tert-OH is 3. The topological polar surface area (TPSA) is 60.7 Å². The van der Waals surface area contributed by atoms with Gasteiger partial charge in [-0.2, -0.15) is 12.1 Å². The Morgan fingerprint density at radius 2 is 1.05 bits per heavy atom. The third-order valence-corrected chi connectivity index (χ3v) is 2.50. The molecule has 21 heavy (non-hydrogen) atoms. The molecule has 1 rings (SSSR count). The number of hydrogen-bond donors (Lipinski definition) is 3. The van der Waals surface area contributed by atoms with Gasteiger partial charge in [0.05, 0.1) is 0 Å². The van der Waals surface area contributed by atoms with E-state index < -0.39 is 9.46 Å². The maximum Gasteiger partial charge on any atom is 0.387 e. The number of hydrogen-bond acceptors (Lipinski definition) is 3. The van der Waals surface area contributed by atoms with Crippen molar-refractivity contribution in [2.75, 3.05) is 19.8 Å². The first-order valence-electron chi connectivity index (χ1n) is 6.87. The molecule has 0 aliphatic carbocycles. The molecule has 0 aromatic heterocycles. The van der Waals surface area contributed by atoms with Gasteiger partial charge >= 0.3 is 9.46 Å². The van der Waals surface area contributed by atoms with Gasteiger partial charge in [0, 0.05) is 46.0 Å². The van der Waals surface area contributed by atoms with E-state index in [4.69, 9.17) is 15.3 Å². The number of rotatable bonds is 4.